The molecule has 84 valence electrons. The fourth-order valence-corrected chi connectivity index (χ4v) is 1.15. The van der Waals surface area contributed by atoms with Gasteiger partial charge >= 0.3 is 0 Å². The first-order valence-corrected chi connectivity index (χ1v) is 5.17. The number of hydrogen-bond donors (Lipinski definition) is 3. The summed E-state index contributed by atoms with van der Waals surface area (Å²) in [7, 11) is 0. The van der Waals surface area contributed by atoms with E-state index >= 15 is 0 Å². The van der Waals surface area contributed by atoms with Crippen LogP contribution in [0.3, 0.4) is 0 Å². The molecule has 5 heteroatoms. The zero-order valence-electron chi connectivity index (χ0n) is 8.80. The van der Waals surface area contributed by atoms with Crippen molar-refractivity contribution in [3.05, 3.63) is 23.0 Å². The molecule has 0 fully saturated rings. The maximum atomic E-state index is 11.5. The van der Waals surface area contributed by atoms with Crippen LogP contribution >= 0.6 is 11.6 Å². The van der Waals surface area contributed by atoms with Gasteiger partial charge in [-0.25, -0.2) is 0 Å². The first-order chi connectivity index (χ1) is 6.94. The molecule has 1 aromatic heterocycles. The molecule has 0 aromatic carbocycles. The van der Waals surface area contributed by atoms with Crippen LogP contribution in [0.2, 0.25) is 5.02 Å². The Morgan fingerprint density at radius 1 is 1.73 bits per heavy atom. The minimum absolute atomic E-state index is 0.221. The van der Waals surface area contributed by atoms with Crippen LogP contribution < -0.4 is 5.32 Å². The third-order valence-corrected chi connectivity index (χ3v) is 2.50. The fraction of sp³-hybridized carbons (Fsp3) is 0.500. The smallest absolute Gasteiger partial charge is 0.267 e. The Morgan fingerprint density at radius 3 is 2.87 bits per heavy atom. The monoisotopic (exact) mass is 230 g/mol. The van der Waals surface area contributed by atoms with Gasteiger partial charge < -0.3 is 15.4 Å². The Bertz CT molecular complexity index is 347. The van der Waals surface area contributed by atoms with Crippen molar-refractivity contribution in [1.82, 2.24) is 10.3 Å². The Kier molecular flexibility index (Phi) is 3.77. The molecule has 1 amide bonds. The summed E-state index contributed by atoms with van der Waals surface area (Å²) in [5.41, 5.74) is -0.474. The van der Waals surface area contributed by atoms with Crippen LogP contribution in [0, 0.1) is 0 Å². The number of halogens is 1. The number of H-pyrrole nitrogens is 1. The predicted molar refractivity (Wildman–Crippen MR) is 59.1 cm³/mol. The summed E-state index contributed by atoms with van der Waals surface area (Å²) in [5, 5.41) is 12.8. The van der Waals surface area contributed by atoms with Crippen LogP contribution in [0.15, 0.2) is 12.3 Å². The molecule has 0 spiro atoms. The molecule has 1 rings (SSSR count). The van der Waals surface area contributed by atoms with Crippen LogP contribution in [0.1, 0.15) is 30.8 Å². The number of rotatable bonds is 4. The lowest BCUT2D eigenvalue weighted by Gasteiger charge is -2.21. The number of carbonyl (C=O) groups excluding carboxylic acids is 1. The van der Waals surface area contributed by atoms with Crippen molar-refractivity contribution in [2.45, 2.75) is 25.9 Å². The molecule has 0 bridgehead atoms. The lowest BCUT2D eigenvalue weighted by atomic mass is 10.0. The van der Waals surface area contributed by atoms with E-state index < -0.39 is 5.60 Å². The molecule has 0 saturated carbocycles. The van der Waals surface area contributed by atoms with Crippen molar-refractivity contribution >= 4 is 17.5 Å². The Balaban J connectivity index is 2.50. The molecule has 0 radical (unpaired) electrons. The number of nitrogens with one attached hydrogen (secondary N) is 2. The number of aliphatic hydroxyl groups is 1. The molecule has 0 aliphatic carbocycles. The SMILES string of the molecule is CCC(C)(O)CNC(=O)c1cc(Cl)c[nH]1. The van der Waals surface area contributed by atoms with Crippen LogP contribution in [0.5, 0.6) is 0 Å². The van der Waals surface area contributed by atoms with E-state index in [2.05, 4.69) is 10.3 Å². The summed E-state index contributed by atoms with van der Waals surface area (Å²) in [6.07, 6.45) is 2.12. The lowest BCUT2D eigenvalue weighted by Crippen LogP contribution is -2.40. The van der Waals surface area contributed by atoms with E-state index in [0.717, 1.165) is 0 Å². The number of carbonyl (C=O) groups is 1. The van der Waals surface area contributed by atoms with Gasteiger partial charge in [-0.1, -0.05) is 18.5 Å². The van der Waals surface area contributed by atoms with Crippen LogP contribution in [-0.2, 0) is 0 Å². The number of aromatic amines is 1. The average Bonchev–Trinajstić information content (AvgIpc) is 2.61. The minimum Gasteiger partial charge on any atom is -0.388 e. The third kappa shape index (κ3) is 3.57. The van der Waals surface area contributed by atoms with E-state index in [1.807, 2.05) is 6.92 Å². The van der Waals surface area contributed by atoms with E-state index in [-0.39, 0.29) is 12.5 Å². The van der Waals surface area contributed by atoms with E-state index in [1.54, 1.807) is 6.92 Å². The third-order valence-electron chi connectivity index (χ3n) is 2.28. The van der Waals surface area contributed by atoms with Crippen LogP contribution in [0.4, 0.5) is 0 Å². The van der Waals surface area contributed by atoms with Crippen LogP contribution in [-0.4, -0.2) is 28.1 Å². The first kappa shape index (κ1) is 12.1. The number of aromatic nitrogens is 1. The normalized spacial score (nSPS) is 14.7. The molecule has 15 heavy (non-hydrogen) atoms. The van der Waals surface area contributed by atoms with Gasteiger partial charge in [-0.05, 0) is 19.4 Å². The number of amides is 1. The molecule has 4 nitrogen and oxygen atoms in total. The molecule has 0 aliphatic heterocycles. The van der Waals surface area contributed by atoms with Gasteiger partial charge in [-0.15, -0.1) is 0 Å². The van der Waals surface area contributed by atoms with Gasteiger partial charge in [-0.3, -0.25) is 4.79 Å². The molecular formula is C10H15ClN2O2. The van der Waals surface area contributed by atoms with Gasteiger partial charge in [0.15, 0.2) is 0 Å². The lowest BCUT2D eigenvalue weighted by molar-refractivity contribution is 0.0517. The summed E-state index contributed by atoms with van der Waals surface area (Å²) in [6.45, 7) is 3.76. The largest absolute Gasteiger partial charge is 0.388 e. The van der Waals surface area contributed by atoms with Gasteiger partial charge in [0.1, 0.15) is 5.69 Å². The topological polar surface area (TPSA) is 65.1 Å². The second-order valence-electron chi connectivity index (χ2n) is 3.76. The summed E-state index contributed by atoms with van der Waals surface area (Å²) < 4.78 is 0. The van der Waals surface area contributed by atoms with Gasteiger partial charge in [0.2, 0.25) is 0 Å². The molecule has 1 heterocycles. The Hall–Kier alpha value is -1.00. The molecule has 0 saturated heterocycles. The second-order valence-corrected chi connectivity index (χ2v) is 4.20. The molecular weight excluding hydrogens is 216 g/mol. The molecule has 1 atom stereocenters. The molecule has 1 unspecified atom stereocenters. The van der Waals surface area contributed by atoms with Gasteiger partial charge in [0.25, 0.3) is 5.91 Å². The minimum atomic E-state index is -0.869. The highest BCUT2D eigenvalue weighted by molar-refractivity contribution is 6.30. The highest BCUT2D eigenvalue weighted by Gasteiger charge is 2.19. The zero-order valence-corrected chi connectivity index (χ0v) is 9.56. The van der Waals surface area contributed by atoms with Crippen molar-refractivity contribution < 1.29 is 9.90 Å². The molecule has 1 aromatic rings. The Morgan fingerprint density at radius 2 is 2.40 bits per heavy atom. The predicted octanol–water partition coefficient (Wildman–Crippen LogP) is 1.56. The van der Waals surface area contributed by atoms with E-state index in [0.29, 0.717) is 17.1 Å². The summed E-state index contributed by atoms with van der Waals surface area (Å²) >= 11 is 5.66. The van der Waals surface area contributed by atoms with E-state index in [4.69, 9.17) is 11.6 Å². The van der Waals surface area contributed by atoms with Gasteiger partial charge in [0.05, 0.1) is 10.6 Å². The zero-order chi connectivity index (χ0) is 11.5. The van der Waals surface area contributed by atoms with Crippen molar-refractivity contribution in [3.8, 4) is 0 Å². The van der Waals surface area contributed by atoms with Crippen molar-refractivity contribution in [2.24, 2.45) is 0 Å². The summed E-state index contributed by atoms with van der Waals surface area (Å²) in [5.74, 6) is -0.268. The highest BCUT2D eigenvalue weighted by Crippen LogP contribution is 2.10. The van der Waals surface area contributed by atoms with Crippen molar-refractivity contribution in [1.29, 1.82) is 0 Å². The standard InChI is InChI=1S/C10H15ClN2O2/c1-3-10(2,15)6-13-9(14)8-4-7(11)5-12-8/h4-5,12,15H,3,6H2,1-2H3,(H,13,14). The van der Waals surface area contributed by atoms with Gasteiger partial charge in [-0.2, -0.15) is 0 Å². The average molecular weight is 231 g/mol. The summed E-state index contributed by atoms with van der Waals surface area (Å²) in [4.78, 5) is 14.2. The fourth-order valence-electron chi connectivity index (χ4n) is 0.990. The summed E-state index contributed by atoms with van der Waals surface area (Å²) in [6, 6.07) is 1.54. The molecule has 3 N–H and O–H groups in total. The van der Waals surface area contributed by atoms with Crippen molar-refractivity contribution in [2.75, 3.05) is 6.54 Å². The van der Waals surface area contributed by atoms with Crippen LogP contribution in [0.25, 0.3) is 0 Å². The Labute approximate surface area is 93.6 Å². The van der Waals surface area contributed by atoms with E-state index in [9.17, 15) is 9.90 Å². The second kappa shape index (κ2) is 4.68. The highest BCUT2D eigenvalue weighted by atomic mass is 35.5. The first-order valence-electron chi connectivity index (χ1n) is 4.79. The van der Waals surface area contributed by atoms with Crippen molar-refractivity contribution in [3.63, 3.8) is 0 Å². The van der Waals surface area contributed by atoms with E-state index in [1.165, 1.54) is 12.3 Å². The molecule has 0 aliphatic rings. The maximum absolute atomic E-state index is 11.5. The maximum Gasteiger partial charge on any atom is 0.267 e. The quantitative estimate of drug-likeness (QED) is 0.735. The number of hydrogen-bond acceptors (Lipinski definition) is 2. The van der Waals surface area contributed by atoms with Gasteiger partial charge in [0, 0.05) is 12.7 Å².